The van der Waals surface area contributed by atoms with E-state index in [9.17, 15) is 4.79 Å². The molecule has 1 saturated carbocycles. The van der Waals surface area contributed by atoms with Crippen molar-refractivity contribution in [3.05, 3.63) is 35.9 Å². The summed E-state index contributed by atoms with van der Waals surface area (Å²) < 4.78 is 0. The fourth-order valence-electron chi connectivity index (χ4n) is 3.45. The minimum Gasteiger partial charge on any atom is -0.342 e. The topological polar surface area (TPSA) is 46.3 Å². The van der Waals surface area contributed by atoms with Gasteiger partial charge in [0.25, 0.3) is 0 Å². The molecule has 1 aliphatic carbocycles. The molecule has 1 aromatic rings. The molecular formula is C17H26N2O. The molecule has 1 amide bonds. The number of likely N-dealkylation sites (N-methyl/N-ethyl adjacent to an activating group) is 1. The Morgan fingerprint density at radius 1 is 1.35 bits per heavy atom. The Labute approximate surface area is 122 Å². The number of nitrogens with zero attached hydrogens (tertiary/aromatic N) is 1. The largest absolute Gasteiger partial charge is 0.342 e. The van der Waals surface area contributed by atoms with Crippen LogP contribution in [0.4, 0.5) is 0 Å². The third-order valence-corrected chi connectivity index (χ3v) is 4.68. The quantitative estimate of drug-likeness (QED) is 0.897. The van der Waals surface area contributed by atoms with Gasteiger partial charge in [-0.15, -0.1) is 0 Å². The zero-order valence-corrected chi connectivity index (χ0v) is 12.6. The molecule has 0 heterocycles. The van der Waals surface area contributed by atoms with Gasteiger partial charge in [0, 0.05) is 13.1 Å². The van der Waals surface area contributed by atoms with Crippen molar-refractivity contribution in [2.75, 3.05) is 13.6 Å². The van der Waals surface area contributed by atoms with E-state index in [0.717, 1.165) is 24.8 Å². The predicted octanol–water partition coefficient (Wildman–Crippen LogP) is 2.77. The Bertz CT molecular complexity index is 432. The lowest BCUT2D eigenvalue weighted by Crippen LogP contribution is -2.43. The Morgan fingerprint density at radius 3 is 2.65 bits per heavy atom. The van der Waals surface area contributed by atoms with Gasteiger partial charge in [-0.25, -0.2) is 0 Å². The van der Waals surface area contributed by atoms with E-state index >= 15 is 0 Å². The fraction of sp³-hybridized carbons (Fsp3) is 0.588. The van der Waals surface area contributed by atoms with E-state index < -0.39 is 0 Å². The highest BCUT2D eigenvalue weighted by atomic mass is 16.2. The number of carbonyl (C=O) groups is 1. The molecule has 0 aromatic heterocycles. The third kappa shape index (κ3) is 3.04. The molecule has 1 aromatic carbocycles. The first-order valence-electron chi connectivity index (χ1n) is 7.70. The average molecular weight is 274 g/mol. The van der Waals surface area contributed by atoms with Gasteiger partial charge in [-0.3, -0.25) is 4.79 Å². The maximum absolute atomic E-state index is 12.8. The highest BCUT2D eigenvalue weighted by Crippen LogP contribution is 2.31. The smallest absolute Gasteiger partial charge is 0.230 e. The molecule has 3 nitrogen and oxygen atoms in total. The summed E-state index contributed by atoms with van der Waals surface area (Å²) in [6.45, 7) is 2.77. The van der Waals surface area contributed by atoms with Crippen molar-refractivity contribution >= 4 is 5.91 Å². The molecule has 0 radical (unpaired) electrons. The molecule has 3 atom stereocenters. The van der Waals surface area contributed by atoms with E-state index in [2.05, 4.69) is 19.1 Å². The number of carbonyl (C=O) groups excluding carboxylic acids is 1. The van der Waals surface area contributed by atoms with Gasteiger partial charge in [0.05, 0.1) is 5.92 Å². The summed E-state index contributed by atoms with van der Waals surface area (Å²) >= 11 is 0. The fourth-order valence-corrected chi connectivity index (χ4v) is 3.45. The maximum Gasteiger partial charge on any atom is 0.230 e. The van der Waals surface area contributed by atoms with Crippen LogP contribution in [0.5, 0.6) is 0 Å². The zero-order valence-electron chi connectivity index (χ0n) is 12.6. The SMILES string of the molecule is CCC(C(=O)N(C)C1CCCC1CN)c1ccccc1. The Kier molecular flexibility index (Phi) is 5.18. The van der Waals surface area contributed by atoms with Crippen molar-refractivity contribution in [2.45, 2.75) is 44.6 Å². The van der Waals surface area contributed by atoms with E-state index in [4.69, 9.17) is 5.73 Å². The first-order valence-corrected chi connectivity index (χ1v) is 7.70. The summed E-state index contributed by atoms with van der Waals surface area (Å²) in [4.78, 5) is 14.8. The maximum atomic E-state index is 12.8. The number of benzene rings is 1. The summed E-state index contributed by atoms with van der Waals surface area (Å²) in [5, 5.41) is 0. The second-order valence-corrected chi connectivity index (χ2v) is 5.81. The highest BCUT2D eigenvalue weighted by molar-refractivity contribution is 5.83. The van der Waals surface area contributed by atoms with Crippen LogP contribution in [0.15, 0.2) is 30.3 Å². The number of rotatable bonds is 5. The summed E-state index contributed by atoms with van der Waals surface area (Å²) in [7, 11) is 1.95. The van der Waals surface area contributed by atoms with Gasteiger partial charge < -0.3 is 10.6 Å². The molecule has 2 rings (SSSR count). The minimum absolute atomic E-state index is 0.0276. The molecule has 20 heavy (non-hydrogen) atoms. The predicted molar refractivity (Wildman–Crippen MR) is 82.4 cm³/mol. The van der Waals surface area contributed by atoms with Gasteiger partial charge in [0.15, 0.2) is 0 Å². The molecule has 2 N–H and O–H groups in total. The van der Waals surface area contributed by atoms with Crippen LogP contribution < -0.4 is 5.73 Å². The molecule has 1 fully saturated rings. The molecule has 3 unspecified atom stereocenters. The normalized spacial score (nSPS) is 23.6. The van der Waals surface area contributed by atoms with Gasteiger partial charge in [-0.05, 0) is 37.3 Å². The summed E-state index contributed by atoms with van der Waals surface area (Å²) in [5.41, 5.74) is 6.96. The first kappa shape index (κ1) is 15.0. The van der Waals surface area contributed by atoms with E-state index in [1.165, 1.54) is 6.42 Å². The Balaban J connectivity index is 2.12. The summed E-state index contributed by atoms with van der Waals surface area (Å²) in [5.74, 6) is 0.682. The highest BCUT2D eigenvalue weighted by Gasteiger charge is 2.34. The van der Waals surface area contributed by atoms with Crippen LogP contribution in [0.2, 0.25) is 0 Å². The van der Waals surface area contributed by atoms with Gasteiger partial charge >= 0.3 is 0 Å². The lowest BCUT2D eigenvalue weighted by Gasteiger charge is -2.32. The van der Waals surface area contributed by atoms with Crippen molar-refractivity contribution in [1.82, 2.24) is 4.90 Å². The standard InChI is InChI=1S/C17H26N2O/c1-3-15(13-8-5-4-6-9-13)17(20)19(2)16-11-7-10-14(16)12-18/h4-6,8-9,14-16H,3,7,10-12,18H2,1-2H3. The number of nitrogens with two attached hydrogens (primary N) is 1. The minimum atomic E-state index is -0.0276. The average Bonchev–Trinajstić information content (AvgIpc) is 2.96. The lowest BCUT2D eigenvalue weighted by molar-refractivity contribution is -0.134. The molecule has 3 heteroatoms. The molecule has 1 aliphatic rings. The number of amides is 1. The van der Waals surface area contributed by atoms with Crippen molar-refractivity contribution < 1.29 is 4.79 Å². The van der Waals surface area contributed by atoms with Gasteiger partial charge in [-0.2, -0.15) is 0 Å². The van der Waals surface area contributed by atoms with Crippen LogP contribution >= 0.6 is 0 Å². The van der Waals surface area contributed by atoms with Crippen molar-refractivity contribution in [3.8, 4) is 0 Å². The van der Waals surface area contributed by atoms with Crippen LogP contribution in [0.1, 0.15) is 44.1 Å². The van der Waals surface area contributed by atoms with Crippen molar-refractivity contribution in [3.63, 3.8) is 0 Å². The van der Waals surface area contributed by atoms with E-state index in [0.29, 0.717) is 18.5 Å². The van der Waals surface area contributed by atoms with E-state index in [1.807, 2.05) is 30.1 Å². The van der Waals surface area contributed by atoms with Gasteiger partial charge in [0.1, 0.15) is 0 Å². The monoisotopic (exact) mass is 274 g/mol. The van der Waals surface area contributed by atoms with Crippen LogP contribution in [0.3, 0.4) is 0 Å². The van der Waals surface area contributed by atoms with E-state index in [1.54, 1.807) is 0 Å². The van der Waals surface area contributed by atoms with Crippen molar-refractivity contribution in [2.24, 2.45) is 11.7 Å². The second-order valence-electron chi connectivity index (χ2n) is 5.81. The molecular weight excluding hydrogens is 248 g/mol. The summed E-state index contributed by atoms with van der Waals surface area (Å²) in [6.07, 6.45) is 4.27. The Hall–Kier alpha value is -1.35. The van der Waals surface area contributed by atoms with Crippen LogP contribution in [-0.4, -0.2) is 30.4 Å². The molecule has 110 valence electrons. The van der Waals surface area contributed by atoms with E-state index in [-0.39, 0.29) is 11.8 Å². The van der Waals surface area contributed by atoms with Crippen LogP contribution in [0.25, 0.3) is 0 Å². The second kappa shape index (κ2) is 6.89. The molecule has 0 aliphatic heterocycles. The zero-order chi connectivity index (χ0) is 14.5. The first-order chi connectivity index (χ1) is 9.69. The lowest BCUT2D eigenvalue weighted by atomic mass is 9.93. The summed E-state index contributed by atoms with van der Waals surface area (Å²) in [6, 6.07) is 10.4. The molecule has 0 saturated heterocycles. The Morgan fingerprint density at radius 2 is 2.05 bits per heavy atom. The van der Waals surface area contributed by atoms with Crippen LogP contribution in [0, 0.1) is 5.92 Å². The molecule has 0 bridgehead atoms. The number of hydrogen-bond acceptors (Lipinski definition) is 2. The van der Waals surface area contributed by atoms with Crippen molar-refractivity contribution in [1.29, 1.82) is 0 Å². The van der Waals surface area contributed by atoms with Gasteiger partial charge in [-0.1, -0.05) is 43.7 Å². The van der Waals surface area contributed by atoms with Crippen LogP contribution in [-0.2, 0) is 4.79 Å². The van der Waals surface area contributed by atoms with Gasteiger partial charge in [0.2, 0.25) is 5.91 Å². The third-order valence-electron chi connectivity index (χ3n) is 4.68. The number of hydrogen-bond donors (Lipinski definition) is 1. The molecule has 0 spiro atoms.